The van der Waals surface area contributed by atoms with E-state index < -0.39 is 23.8 Å². The fourth-order valence-electron chi connectivity index (χ4n) is 5.68. The van der Waals surface area contributed by atoms with Crippen LogP contribution < -0.4 is 15.0 Å². The van der Waals surface area contributed by atoms with E-state index in [9.17, 15) is 13.7 Å². The van der Waals surface area contributed by atoms with Crippen molar-refractivity contribution in [2.24, 2.45) is 21.9 Å². The minimum absolute atomic E-state index is 0.0634. The van der Waals surface area contributed by atoms with Crippen molar-refractivity contribution in [1.82, 2.24) is 14.7 Å². The first kappa shape index (κ1) is 26.4. The number of nitriles is 1. The van der Waals surface area contributed by atoms with Crippen LogP contribution in [0.15, 0.2) is 16.3 Å². The average Bonchev–Trinajstić information content (AvgIpc) is 3.42. The van der Waals surface area contributed by atoms with E-state index in [1.54, 1.807) is 0 Å². The van der Waals surface area contributed by atoms with Crippen molar-refractivity contribution in [1.29, 1.82) is 5.26 Å². The second-order valence-electron chi connectivity index (χ2n) is 12.3. The summed E-state index contributed by atoms with van der Waals surface area (Å²) in [5.41, 5.74) is 3.82. The number of hydrogen-bond acceptors (Lipinski definition) is 8. The number of nitrogens with one attached hydrogen (secondary N) is 2. The molecule has 0 radical (unpaired) electrons. The van der Waals surface area contributed by atoms with Crippen molar-refractivity contribution in [3.05, 3.63) is 11.8 Å². The Morgan fingerprint density at radius 1 is 1.32 bits per heavy atom. The zero-order valence-corrected chi connectivity index (χ0v) is 24.3. The largest absolute Gasteiger partial charge is 0.361 e. The van der Waals surface area contributed by atoms with Crippen LogP contribution in [0.4, 0.5) is 11.5 Å². The molecular formula is C25H39N7O3SSi. The predicted molar refractivity (Wildman–Crippen MR) is 148 cm³/mol. The summed E-state index contributed by atoms with van der Waals surface area (Å²) in [7, 11) is -4.46. The predicted octanol–water partition coefficient (Wildman–Crippen LogP) is 3.71. The lowest BCUT2D eigenvalue weighted by Gasteiger charge is -2.38. The number of fused-ring (bicyclic) bond motifs is 3. The highest BCUT2D eigenvalue weighted by Gasteiger charge is 2.50. The van der Waals surface area contributed by atoms with Gasteiger partial charge in [-0.2, -0.15) is 10.4 Å². The van der Waals surface area contributed by atoms with Crippen LogP contribution in [0.3, 0.4) is 0 Å². The summed E-state index contributed by atoms with van der Waals surface area (Å²) in [6, 6.07) is 3.32. The van der Waals surface area contributed by atoms with E-state index >= 15 is 0 Å². The second kappa shape index (κ2) is 9.52. The smallest absolute Gasteiger partial charge is 0.214 e. The summed E-state index contributed by atoms with van der Waals surface area (Å²) >= 11 is 0. The van der Waals surface area contributed by atoms with Gasteiger partial charge < -0.3 is 9.30 Å². The third-order valence-corrected chi connectivity index (χ3v) is 11.7. The highest BCUT2D eigenvalue weighted by Crippen LogP contribution is 2.46. The van der Waals surface area contributed by atoms with Crippen LogP contribution in [-0.2, 0) is 21.5 Å². The Hall–Kier alpha value is -2.20. The first-order valence-electron chi connectivity index (χ1n) is 13.4. The molecule has 3 heterocycles. The number of rotatable bonds is 10. The van der Waals surface area contributed by atoms with Crippen LogP contribution in [0.2, 0.25) is 25.7 Å². The molecular weight excluding hydrogens is 506 g/mol. The number of nitrogens with zero attached hydrogens (tertiary/aromatic N) is 5. The molecule has 2 saturated carbocycles. The number of hydrogen-bond donors (Lipinski definition) is 2. The Labute approximate surface area is 221 Å². The minimum atomic E-state index is -3.26. The highest BCUT2D eigenvalue weighted by atomic mass is 32.2. The molecule has 10 nitrogen and oxygen atoms in total. The van der Waals surface area contributed by atoms with Crippen molar-refractivity contribution >= 4 is 41.7 Å². The molecule has 2 aliphatic heterocycles. The molecule has 12 heteroatoms. The average molecular weight is 546 g/mol. The van der Waals surface area contributed by atoms with Crippen molar-refractivity contribution < 1.29 is 13.2 Å². The summed E-state index contributed by atoms with van der Waals surface area (Å²) in [4.78, 5) is 6.85. The molecule has 1 aromatic heterocycles. The number of amidine groups is 1. The fourth-order valence-corrected chi connectivity index (χ4v) is 8.05. The van der Waals surface area contributed by atoms with Gasteiger partial charge in [-0.15, -0.1) is 0 Å². The van der Waals surface area contributed by atoms with Crippen LogP contribution in [0, 0.1) is 23.2 Å². The first-order chi connectivity index (χ1) is 17.5. The SMILES string of the molecule is CC[C@@H]1C[C@H](NS(=O)(=O)C2CC2)C[C@@H]1C1=NNC2(C)C=Nc3c(c(C#N)cn3COCC[Si](C)(C)C)N12. The van der Waals surface area contributed by atoms with Gasteiger partial charge in [0.25, 0.3) is 0 Å². The van der Waals surface area contributed by atoms with Crippen LogP contribution in [0.1, 0.15) is 51.5 Å². The zero-order chi connectivity index (χ0) is 26.6. The standard InChI is InChI=1S/C25H39N7O3SSi/c1-6-17-11-19(29-36(33,34)20-7-8-20)12-21(17)23-28-30-25(2)15-27-24-22(32(23)25)18(13-26)14-31(24)16-35-9-10-37(3,4)5/h14-15,17,19-21,29-30H,6-12,16H2,1-5H3/t17-,19+,21+,25?/m1/s1. The van der Waals surface area contributed by atoms with Gasteiger partial charge in [0.2, 0.25) is 10.0 Å². The molecule has 2 fully saturated rings. The van der Waals surface area contributed by atoms with E-state index in [4.69, 9.17) is 14.8 Å². The van der Waals surface area contributed by atoms with Crippen LogP contribution >= 0.6 is 0 Å². The van der Waals surface area contributed by atoms with E-state index in [1.165, 1.54) is 0 Å². The molecule has 0 spiro atoms. The maximum absolute atomic E-state index is 12.6. The van der Waals surface area contributed by atoms with E-state index in [1.807, 2.05) is 23.9 Å². The van der Waals surface area contributed by atoms with Gasteiger partial charge in [0, 0.05) is 32.8 Å². The molecule has 0 bridgehead atoms. The van der Waals surface area contributed by atoms with E-state index in [0.717, 1.165) is 43.3 Å². The van der Waals surface area contributed by atoms with Gasteiger partial charge in [0.05, 0.1) is 17.0 Å². The lowest BCUT2D eigenvalue weighted by molar-refractivity contribution is 0.0885. The van der Waals surface area contributed by atoms with E-state index in [0.29, 0.717) is 31.1 Å². The molecule has 0 saturated heterocycles. The maximum atomic E-state index is 12.6. The normalized spacial score (nSPS) is 29.0. The fraction of sp³-hybridized carbons (Fsp3) is 0.720. The Morgan fingerprint density at radius 3 is 2.73 bits per heavy atom. The maximum Gasteiger partial charge on any atom is 0.214 e. The van der Waals surface area contributed by atoms with Crippen molar-refractivity contribution in [2.75, 3.05) is 11.5 Å². The van der Waals surface area contributed by atoms with Crippen LogP contribution in [-0.4, -0.2) is 56.7 Å². The lowest BCUT2D eigenvalue weighted by atomic mass is 9.91. The molecule has 4 atom stereocenters. The quantitative estimate of drug-likeness (QED) is 0.341. The molecule has 202 valence electrons. The van der Waals surface area contributed by atoms with E-state index in [2.05, 4.69) is 47.7 Å². The number of aliphatic imine (C=N–C) groups is 1. The summed E-state index contributed by atoms with van der Waals surface area (Å²) in [5, 5.41) is 14.6. The first-order valence-corrected chi connectivity index (χ1v) is 18.6. The van der Waals surface area contributed by atoms with Crippen LogP contribution in [0.5, 0.6) is 0 Å². The van der Waals surface area contributed by atoms with Gasteiger partial charge in [0.1, 0.15) is 24.3 Å². The Bertz CT molecular complexity index is 1260. The van der Waals surface area contributed by atoms with Crippen molar-refractivity contribution in [3.8, 4) is 6.07 Å². The Morgan fingerprint density at radius 2 is 2.08 bits per heavy atom. The molecule has 2 aliphatic carbocycles. The second-order valence-corrected chi connectivity index (χ2v) is 19.9. The van der Waals surface area contributed by atoms with Gasteiger partial charge in [0.15, 0.2) is 11.5 Å². The number of anilines is 1. The molecule has 0 aromatic carbocycles. The molecule has 4 aliphatic rings. The van der Waals surface area contributed by atoms with Gasteiger partial charge in [-0.3, -0.25) is 10.3 Å². The molecule has 1 unspecified atom stereocenters. The minimum Gasteiger partial charge on any atom is -0.361 e. The van der Waals surface area contributed by atoms with Gasteiger partial charge in [-0.25, -0.2) is 18.1 Å². The Kier molecular flexibility index (Phi) is 6.79. The van der Waals surface area contributed by atoms with Gasteiger partial charge >= 0.3 is 0 Å². The topological polar surface area (TPSA) is 124 Å². The van der Waals surface area contributed by atoms with Crippen LogP contribution in [0.25, 0.3) is 0 Å². The number of sulfonamides is 1. The summed E-state index contributed by atoms with van der Waals surface area (Å²) < 4.78 is 36.1. The zero-order valence-electron chi connectivity index (χ0n) is 22.5. The highest BCUT2D eigenvalue weighted by molar-refractivity contribution is 7.90. The summed E-state index contributed by atoms with van der Waals surface area (Å²) in [6.07, 6.45) is 7.56. The number of hydrazone groups is 1. The number of ether oxygens (including phenoxy) is 1. The third-order valence-electron chi connectivity index (χ3n) is 7.97. The molecule has 2 N–H and O–H groups in total. The molecule has 5 rings (SSSR count). The molecule has 37 heavy (non-hydrogen) atoms. The number of aromatic nitrogens is 1. The van der Waals surface area contributed by atoms with Gasteiger partial charge in [-0.05, 0) is 44.6 Å². The summed E-state index contributed by atoms with van der Waals surface area (Å²) in [6.45, 7) is 12.1. The molecule has 1 aromatic rings. The monoisotopic (exact) mass is 545 g/mol. The Balaban J connectivity index is 1.40. The van der Waals surface area contributed by atoms with E-state index in [-0.39, 0.29) is 23.1 Å². The third kappa shape index (κ3) is 5.11. The van der Waals surface area contributed by atoms with Crippen molar-refractivity contribution in [3.63, 3.8) is 0 Å². The van der Waals surface area contributed by atoms with Gasteiger partial charge in [-0.1, -0.05) is 33.0 Å². The lowest BCUT2D eigenvalue weighted by Crippen LogP contribution is -2.56. The van der Waals surface area contributed by atoms with Crippen molar-refractivity contribution in [2.45, 2.75) is 95.3 Å². The molecule has 0 amide bonds. The summed E-state index contributed by atoms with van der Waals surface area (Å²) in [5.74, 6) is 1.89.